The fourth-order valence-corrected chi connectivity index (χ4v) is 1.47. The van der Waals surface area contributed by atoms with Crippen molar-refractivity contribution in [2.75, 3.05) is 5.88 Å². The molecule has 0 atom stereocenters. The van der Waals surface area contributed by atoms with Crippen LogP contribution in [0.4, 0.5) is 0 Å². The Kier molecular flexibility index (Phi) is 3.51. The zero-order chi connectivity index (χ0) is 11.4. The van der Waals surface area contributed by atoms with Gasteiger partial charge in [-0.2, -0.15) is 0 Å². The summed E-state index contributed by atoms with van der Waals surface area (Å²) in [5.74, 6) is 1.67. The minimum atomic E-state index is 0.466. The van der Waals surface area contributed by atoms with E-state index in [-0.39, 0.29) is 0 Å². The highest BCUT2D eigenvalue weighted by Gasteiger charge is 2.09. The molecule has 0 amide bonds. The number of hydrogen-bond donors (Lipinski definition) is 0. The number of halogens is 1. The number of rotatable bonds is 4. The predicted molar refractivity (Wildman–Crippen MR) is 61.3 cm³/mol. The number of alkyl halides is 1. The minimum Gasteiger partial charge on any atom is -0.419 e. The van der Waals surface area contributed by atoms with E-state index in [0.717, 1.165) is 12.1 Å². The SMILES string of the molecule is Cc1cccc(-c2nnc(CCCCl)o2)n1. The Morgan fingerprint density at radius 2 is 2.19 bits per heavy atom. The van der Waals surface area contributed by atoms with E-state index >= 15 is 0 Å². The van der Waals surface area contributed by atoms with Gasteiger partial charge in [-0.15, -0.1) is 21.8 Å². The highest BCUT2D eigenvalue weighted by molar-refractivity contribution is 6.17. The molecule has 0 aromatic carbocycles. The fourth-order valence-electron chi connectivity index (χ4n) is 1.34. The molecule has 2 rings (SSSR count). The standard InChI is InChI=1S/C11H12ClN3O/c1-8-4-2-5-9(13-8)11-15-14-10(16-11)6-3-7-12/h2,4-5H,3,6-7H2,1H3. The first kappa shape index (κ1) is 11.1. The third-order valence-electron chi connectivity index (χ3n) is 2.10. The highest BCUT2D eigenvalue weighted by Crippen LogP contribution is 2.16. The molecule has 0 bridgehead atoms. The lowest BCUT2D eigenvalue weighted by atomic mass is 10.3. The van der Waals surface area contributed by atoms with Gasteiger partial charge in [-0.25, -0.2) is 4.98 Å². The first-order chi connectivity index (χ1) is 7.79. The minimum absolute atomic E-state index is 0.466. The van der Waals surface area contributed by atoms with Gasteiger partial charge in [0.15, 0.2) is 0 Å². The van der Waals surface area contributed by atoms with E-state index in [2.05, 4.69) is 15.2 Å². The Hall–Kier alpha value is -1.42. The van der Waals surface area contributed by atoms with Crippen molar-refractivity contribution >= 4 is 11.6 Å². The second kappa shape index (κ2) is 5.07. The van der Waals surface area contributed by atoms with Crippen molar-refractivity contribution in [1.82, 2.24) is 15.2 Å². The highest BCUT2D eigenvalue weighted by atomic mass is 35.5. The van der Waals surface area contributed by atoms with Crippen LogP contribution in [-0.2, 0) is 6.42 Å². The van der Waals surface area contributed by atoms with Gasteiger partial charge < -0.3 is 4.42 Å². The van der Waals surface area contributed by atoms with Gasteiger partial charge in [-0.1, -0.05) is 6.07 Å². The van der Waals surface area contributed by atoms with E-state index in [1.165, 1.54) is 0 Å². The lowest BCUT2D eigenvalue weighted by molar-refractivity contribution is 0.501. The van der Waals surface area contributed by atoms with Gasteiger partial charge in [0, 0.05) is 18.0 Å². The summed E-state index contributed by atoms with van der Waals surface area (Å²) in [7, 11) is 0. The average molecular weight is 238 g/mol. The first-order valence-electron chi connectivity index (χ1n) is 5.12. The molecule has 0 unspecified atom stereocenters. The van der Waals surface area contributed by atoms with E-state index in [4.69, 9.17) is 16.0 Å². The zero-order valence-corrected chi connectivity index (χ0v) is 9.74. The van der Waals surface area contributed by atoms with Crippen LogP contribution in [0.2, 0.25) is 0 Å². The summed E-state index contributed by atoms with van der Waals surface area (Å²) in [5.41, 5.74) is 1.64. The summed E-state index contributed by atoms with van der Waals surface area (Å²) in [5, 5.41) is 7.90. The molecule has 0 saturated heterocycles. The van der Waals surface area contributed by atoms with Gasteiger partial charge in [0.1, 0.15) is 5.69 Å². The Labute approximate surface area is 98.7 Å². The first-order valence-corrected chi connectivity index (χ1v) is 5.65. The van der Waals surface area contributed by atoms with Gasteiger partial charge in [0.05, 0.1) is 0 Å². The molecule has 0 aliphatic rings. The molecular formula is C11H12ClN3O. The molecule has 16 heavy (non-hydrogen) atoms. The molecule has 0 aliphatic heterocycles. The van der Waals surface area contributed by atoms with Crippen LogP contribution in [0.5, 0.6) is 0 Å². The molecule has 4 nitrogen and oxygen atoms in total. The molecule has 2 aromatic heterocycles. The fraction of sp³-hybridized carbons (Fsp3) is 0.364. The Morgan fingerprint density at radius 1 is 1.31 bits per heavy atom. The number of aromatic nitrogens is 3. The van der Waals surface area contributed by atoms with Gasteiger partial charge >= 0.3 is 0 Å². The molecule has 0 saturated carbocycles. The predicted octanol–water partition coefficient (Wildman–Crippen LogP) is 2.61. The summed E-state index contributed by atoms with van der Waals surface area (Å²) in [6.07, 6.45) is 1.55. The van der Waals surface area contributed by atoms with Crippen LogP contribution in [-0.4, -0.2) is 21.1 Å². The zero-order valence-electron chi connectivity index (χ0n) is 8.98. The molecule has 0 fully saturated rings. The van der Waals surface area contributed by atoms with Crippen LogP contribution in [0.25, 0.3) is 11.6 Å². The van der Waals surface area contributed by atoms with E-state index in [1.807, 2.05) is 25.1 Å². The summed E-state index contributed by atoms with van der Waals surface area (Å²) in [6, 6.07) is 5.69. The maximum atomic E-state index is 5.59. The smallest absolute Gasteiger partial charge is 0.266 e. The van der Waals surface area contributed by atoms with Crippen LogP contribution in [0, 0.1) is 6.92 Å². The summed E-state index contributed by atoms with van der Waals surface area (Å²) in [4.78, 5) is 4.31. The van der Waals surface area contributed by atoms with Crippen LogP contribution in [0.3, 0.4) is 0 Å². The quantitative estimate of drug-likeness (QED) is 0.767. The molecule has 2 aromatic rings. The van der Waals surface area contributed by atoms with Crippen LogP contribution < -0.4 is 0 Å². The Bertz CT molecular complexity index is 470. The monoisotopic (exact) mass is 237 g/mol. The van der Waals surface area contributed by atoms with Crippen molar-refractivity contribution in [1.29, 1.82) is 0 Å². The topological polar surface area (TPSA) is 51.8 Å². The molecule has 0 aliphatic carbocycles. The van der Waals surface area contributed by atoms with Crippen molar-refractivity contribution in [3.63, 3.8) is 0 Å². The maximum absolute atomic E-state index is 5.59. The van der Waals surface area contributed by atoms with Gasteiger partial charge in [-0.3, -0.25) is 0 Å². The summed E-state index contributed by atoms with van der Waals surface area (Å²) in [6.45, 7) is 1.92. The van der Waals surface area contributed by atoms with E-state index in [0.29, 0.717) is 29.8 Å². The van der Waals surface area contributed by atoms with Crippen molar-refractivity contribution in [3.05, 3.63) is 29.8 Å². The van der Waals surface area contributed by atoms with Crippen molar-refractivity contribution in [3.8, 4) is 11.6 Å². The third-order valence-corrected chi connectivity index (χ3v) is 2.37. The molecule has 0 radical (unpaired) electrons. The van der Waals surface area contributed by atoms with E-state index in [1.54, 1.807) is 0 Å². The lowest BCUT2D eigenvalue weighted by Crippen LogP contribution is -1.85. The van der Waals surface area contributed by atoms with Crippen molar-refractivity contribution in [2.45, 2.75) is 19.8 Å². The Balaban J connectivity index is 2.18. The third kappa shape index (κ3) is 2.58. The lowest BCUT2D eigenvalue weighted by Gasteiger charge is -1.95. The number of hydrogen-bond acceptors (Lipinski definition) is 4. The van der Waals surface area contributed by atoms with Crippen LogP contribution in [0.15, 0.2) is 22.6 Å². The number of pyridine rings is 1. The summed E-state index contributed by atoms with van der Waals surface area (Å²) >= 11 is 5.59. The second-order valence-electron chi connectivity index (χ2n) is 3.46. The van der Waals surface area contributed by atoms with E-state index < -0.39 is 0 Å². The van der Waals surface area contributed by atoms with Crippen LogP contribution in [0.1, 0.15) is 18.0 Å². The molecule has 2 heterocycles. The molecular weight excluding hydrogens is 226 g/mol. The maximum Gasteiger partial charge on any atom is 0.266 e. The van der Waals surface area contributed by atoms with Crippen molar-refractivity contribution < 1.29 is 4.42 Å². The number of nitrogens with zero attached hydrogens (tertiary/aromatic N) is 3. The average Bonchev–Trinajstić information content (AvgIpc) is 2.75. The van der Waals surface area contributed by atoms with E-state index in [9.17, 15) is 0 Å². The summed E-state index contributed by atoms with van der Waals surface area (Å²) < 4.78 is 5.48. The number of aryl methyl sites for hydroxylation is 2. The van der Waals surface area contributed by atoms with Gasteiger partial charge in [0.2, 0.25) is 5.89 Å². The molecule has 0 spiro atoms. The molecule has 5 heteroatoms. The largest absolute Gasteiger partial charge is 0.419 e. The van der Waals surface area contributed by atoms with Crippen LogP contribution >= 0.6 is 11.6 Å². The normalized spacial score (nSPS) is 10.6. The van der Waals surface area contributed by atoms with Gasteiger partial charge in [-0.05, 0) is 25.5 Å². The Morgan fingerprint density at radius 3 is 2.94 bits per heavy atom. The van der Waals surface area contributed by atoms with Crippen molar-refractivity contribution in [2.24, 2.45) is 0 Å². The molecule has 0 N–H and O–H groups in total. The second-order valence-corrected chi connectivity index (χ2v) is 3.84. The van der Waals surface area contributed by atoms with Gasteiger partial charge in [0.25, 0.3) is 5.89 Å². The molecule has 84 valence electrons.